The van der Waals surface area contributed by atoms with Crippen LogP contribution < -0.4 is 10.6 Å². The maximum atomic E-state index is 12.0. The molecule has 0 radical (unpaired) electrons. The van der Waals surface area contributed by atoms with Crippen molar-refractivity contribution in [3.63, 3.8) is 0 Å². The summed E-state index contributed by atoms with van der Waals surface area (Å²) in [4.78, 5) is 34.2. The monoisotopic (exact) mass is 463 g/mol. The van der Waals surface area contributed by atoms with E-state index in [0.717, 1.165) is 12.8 Å². The topological polar surface area (TPSA) is 111 Å². The number of hydrogen-bond donors (Lipinski definition) is 2. The second-order valence-electron chi connectivity index (χ2n) is 6.58. The Bertz CT molecular complexity index is 940. The highest BCUT2D eigenvalue weighted by Gasteiger charge is 2.16. The standard InChI is InChI=1S/C21H22ClN3O5S/c22-16-11-12-17(18(14-16)25(28)29)23-21(31)24-19(26)9-4-10-20(27)30-13-5-8-15-6-2-1-3-7-15/h1-3,6-7,11-12,14H,4-5,8-10,13H2,(H2,23,24,26,31). The molecule has 0 fully saturated rings. The summed E-state index contributed by atoms with van der Waals surface area (Å²) in [5.74, 6) is -0.774. The van der Waals surface area contributed by atoms with Crippen LogP contribution in [0.3, 0.4) is 0 Å². The van der Waals surface area contributed by atoms with Crippen molar-refractivity contribution in [3.8, 4) is 0 Å². The molecule has 0 aliphatic heterocycles. The highest BCUT2D eigenvalue weighted by atomic mass is 35.5. The Morgan fingerprint density at radius 2 is 1.84 bits per heavy atom. The fourth-order valence-corrected chi connectivity index (χ4v) is 3.07. The van der Waals surface area contributed by atoms with Crippen LogP contribution in [0.4, 0.5) is 11.4 Å². The number of nitro groups is 1. The van der Waals surface area contributed by atoms with Crippen molar-refractivity contribution < 1.29 is 19.2 Å². The summed E-state index contributed by atoms with van der Waals surface area (Å²) in [5.41, 5.74) is 1.03. The van der Waals surface area contributed by atoms with E-state index < -0.39 is 10.8 Å². The zero-order chi connectivity index (χ0) is 22.6. The molecule has 2 rings (SSSR count). The smallest absolute Gasteiger partial charge is 0.305 e. The van der Waals surface area contributed by atoms with Crippen LogP contribution in [0, 0.1) is 10.1 Å². The quantitative estimate of drug-likeness (QED) is 0.176. The molecule has 0 bridgehead atoms. The number of hydrogen-bond acceptors (Lipinski definition) is 6. The lowest BCUT2D eigenvalue weighted by Crippen LogP contribution is -2.34. The van der Waals surface area contributed by atoms with Gasteiger partial charge in [0.1, 0.15) is 5.69 Å². The summed E-state index contributed by atoms with van der Waals surface area (Å²) in [6, 6.07) is 14.0. The maximum absolute atomic E-state index is 12.0. The van der Waals surface area contributed by atoms with Gasteiger partial charge in [0, 0.05) is 23.9 Å². The number of esters is 1. The number of nitro benzene ring substituents is 1. The van der Waals surface area contributed by atoms with Gasteiger partial charge in [-0.15, -0.1) is 0 Å². The second kappa shape index (κ2) is 12.6. The predicted octanol–water partition coefficient (Wildman–Crippen LogP) is 4.41. The molecule has 0 heterocycles. The van der Waals surface area contributed by atoms with Gasteiger partial charge >= 0.3 is 5.97 Å². The average molecular weight is 464 g/mol. The van der Waals surface area contributed by atoms with E-state index in [4.69, 9.17) is 28.6 Å². The molecule has 2 aromatic carbocycles. The molecule has 1 amide bonds. The molecule has 10 heteroatoms. The molecule has 0 aliphatic rings. The van der Waals surface area contributed by atoms with E-state index in [-0.39, 0.29) is 40.3 Å². The number of amides is 1. The summed E-state index contributed by atoms with van der Waals surface area (Å²) in [7, 11) is 0. The highest BCUT2D eigenvalue weighted by molar-refractivity contribution is 7.80. The lowest BCUT2D eigenvalue weighted by atomic mass is 10.1. The number of rotatable bonds is 10. The van der Waals surface area contributed by atoms with Crippen molar-refractivity contribution in [2.24, 2.45) is 0 Å². The van der Waals surface area contributed by atoms with Crippen LogP contribution in [-0.2, 0) is 20.7 Å². The summed E-state index contributed by atoms with van der Waals surface area (Å²) >= 11 is 10.8. The number of carbonyl (C=O) groups is 2. The third-order valence-corrected chi connectivity index (χ3v) is 4.60. The van der Waals surface area contributed by atoms with E-state index in [9.17, 15) is 19.7 Å². The van der Waals surface area contributed by atoms with Crippen molar-refractivity contribution in [2.45, 2.75) is 32.1 Å². The van der Waals surface area contributed by atoms with Crippen LogP contribution in [-0.4, -0.2) is 28.5 Å². The van der Waals surface area contributed by atoms with Crippen molar-refractivity contribution in [1.82, 2.24) is 5.32 Å². The van der Waals surface area contributed by atoms with Crippen LogP contribution in [0.25, 0.3) is 0 Å². The normalized spacial score (nSPS) is 10.2. The molecule has 0 aromatic heterocycles. The lowest BCUT2D eigenvalue weighted by Gasteiger charge is -2.10. The molecule has 2 aromatic rings. The van der Waals surface area contributed by atoms with Gasteiger partial charge in [0.15, 0.2) is 5.11 Å². The Balaban J connectivity index is 1.63. The van der Waals surface area contributed by atoms with Gasteiger partial charge in [-0.25, -0.2) is 0 Å². The van der Waals surface area contributed by atoms with E-state index in [1.54, 1.807) is 0 Å². The van der Waals surface area contributed by atoms with E-state index >= 15 is 0 Å². The number of aryl methyl sites for hydroxylation is 1. The predicted molar refractivity (Wildman–Crippen MR) is 122 cm³/mol. The molecule has 0 saturated carbocycles. The minimum atomic E-state index is -0.607. The van der Waals surface area contributed by atoms with Gasteiger partial charge in [-0.3, -0.25) is 19.7 Å². The number of nitrogens with zero attached hydrogens (tertiary/aromatic N) is 1. The van der Waals surface area contributed by atoms with Crippen LogP contribution >= 0.6 is 23.8 Å². The van der Waals surface area contributed by atoms with Crippen LogP contribution in [0.1, 0.15) is 31.2 Å². The Morgan fingerprint density at radius 1 is 1.10 bits per heavy atom. The van der Waals surface area contributed by atoms with Gasteiger partial charge in [0.2, 0.25) is 5.91 Å². The number of ether oxygens (including phenoxy) is 1. The number of benzene rings is 2. The Morgan fingerprint density at radius 3 is 2.55 bits per heavy atom. The number of nitrogens with one attached hydrogen (secondary N) is 2. The van der Waals surface area contributed by atoms with E-state index in [1.165, 1.54) is 23.8 Å². The van der Waals surface area contributed by atoms with Gasteiger partial charge in [-0.05, 0) is 49.2 Å². The second-order valence-corrected chi connectivity index (χ2v) is 7.43. The Hall–Kier alpha value is -3.04. The molecule has 0 atom stereocenters. The van der Waals surface area contributed by atoms with Crippen molar-refractivity contribution >= 4 is 52.2 Å². The lowest BCUT2D eigenvalue weighted by molar-refractivity contribution is -0.383. The third-order valence-electron chi connectivity index (χ3n) is 4.16. The average Bonchev–Trinajstić information content (AvgIpc) is 2.73. The zero-order valence-electron chi connectivity index (χ0n) is 16.6. The molecule has 164 valence electrons. The van der Waals surface area contributed by atoms with E-state index in [1.807, 2.05) is 30.3 Å². The molecular formula is C21H22ClN3O5S. The SMILES string of the molecule is O=C(CCCC(=O)OCCCc1ccccc1)NC(=S)Nc1ccc(Cl)cc1[N+](=O)[O-]. The summed E-state index contributed by atoms with van der Waals surface area (Å²) < 4.78 is 5.17. The molecule has 8 nitrogen and oxygen atoms in total. The first-order chi connectivity index (χ1) is 14.8. The molecule has 2 N–H and O–H groups in total. The summed E-state index contributed by atoms with van der Waals surface area (Å²) in [5, 5.41) is 16.2. The first-order valence-electron chi connectivity index (χ1n) is 9.59. The number of anilines is 1. The van der Waals surface area contributed by atoms with Gasteiger partial charge in [0.05, 0.1) is 11.5 Å². The fourth-order valence-electron chi connectivity index (χ4n) is 2.68. The first-order valence-corrected chi connectivity index (χ1v) is 10.4. The number of thiocarbonyl (C=S) groups is 1. The molecule has 0 unspecified atom stereocenters. The van der Waals surface area contributed by atoms with Gasteiger partial charge in [-0.1, -0.05) is 41.9 Å². The largest absolute Gasteiger partial charge is 0.466 e. The molecular weight excluding hydrogens is 442 g/mol. The van der Waals surface area contributed by atoms with E-state index in [2.05, 4.69) is 10.6 Å². The molecule has 0 spiro atoms. The van der Waals surface area contributed by atoms with Gasteiger partial charge in [0.25, 0.3) is 5.69 Å². The Labute approximate surface area is 190 Å². The van der Waals surface area contributed by atoms with Crippen LogP contribution in [0.2, 0.25) is 5.02 Å². The van der Waals surface area contributed by atoms with Crippen LogP contribution in [0.15, 0.2) is 48.5 Å². The number of carbonyl (C=O) groups excluding carboxylic acids is 2. The first kappa shape index (κ1) is 24.2. The van der Waals surface area contributed by atoms with Crippen molar-refractivity contribution in [1.29, 1.82) is 0 Å². The highest BCUT2D eigenvalue weighted by Crippen LogP contribution is 2.27. The molecule has 0 saturated heterocycles. The van der Waals surface area contributed by atoms with Crippen LogP contribution in [0.5, 0.6) is 0 Å². The number of halogens is 1. The van der Waals surface area contributed by atoms with Gasteiger partial charge < -0.3 is 15.4 Å². The molecule has 31 heavy (non-hydrogen) atoms. The van der Waals surface area contributed by atoms with Crippen molar-refractivity contribution in [2.75, 3.05) is 11.9 Å². The minimum Gasteiger partial charge on any atom is -0.466 e. The van der Waals surface area contributed by atoms with Crippen molar-refractivity contribution in [3.05, 3.63) is 69.2 Å². The third kappa shape index (κ3) is 9.10. The van der Waals surface area contributed by atoms with E-state index in [0.29, 0.717) is 13.0 Å². The minimum absolute atomic E-state index is 0.0592. The fraction of sp³-hybridized carbons (Fsp3) is 0.286. The maximum Gasteiger partial charge on any atom is 0.305 e. The van der Waals surface area contributed by atoms with Gasteiger partial charge in [-0.2, -0.15) is 0 Å². The summed E-state index contributed by atoms with van der Waals surface area (Å²) in [6.45, 7) is 0.327. The molecule has 0 aliphatic carbocycles. The summed E-state index contributed by atoms with van der Waals surface area (Å²) in [6.07, 6.45) is 2.03. The Kier molecular flexibility index (Phi) is 9.86. The zero-order valence-corrected chi connectivity index (χ0v) is 18.2.